The average molecular weight is 356 g/mol. The molecule has 0 unspecified atom stereocenters. The van der Waals surface area contributed by atoms with Gasteiger partial charge in [-0.1, -0.05) is 54.3 Å². The molecule has 0 radical (unpaired) electrons. The van der Waals surface area contributed by atoms with Crippen molar-refractivity contribution in [2.75, 3.05) is 19.1 Å². The topological polar surface area (TPSA) is 41.6 Å². The molecule has 0 atom stereocenters. The van der Waals surface area contributed by atoms with Gasteiger partial charge in [0.15, 0.2) is 0 Å². The van der Waals surface area contributed by atoms with Crippen LogP contribution in [0.4, 0.5) is 5.69 Å². The van der Waals surface area contributed by atoms with Crippen LogP contribution < -0.4 is 10.1 Å². The average Bonchev–Trinajstić information content (AvgIpc) is 2.88. The van der Waals surface area contributed by atoms with E-state index in [1.54, 1.807) is 12.0 Å². The number of ether oxygens (including phenoxy) is 1. The number of benzene rings is 2. The lowest BCUT2D eigenvalue weighted by atomic mass is 10.2. The van der Waals surface area contributed by atoms with Gasteiger partial charge in [0.05, 0.1) is 18.7 Å². The lowest BCUT2D eigenvalue weighted by molar-refractivity contribution is -0.121. The third kappa shape index (κ3) is 3.77. The van der Waals surface area contributed by atoms with Crippen molar-refractivity contribution in [2.45, 2.75) is 0 Å². The van der Waals surface area contributed by atoms with Crippen molar-refractivity contribution in [1.29, 1.82) is 0 Å². The quantitative estimate of drug-likeness (QED) is 0.649. The van der Waals surface area contributed by atoms with Crippen LogP contribution in [0.2, 0.25) is 0 Å². The number of hydrogen-bond acceptors (Lipinski definition) is 5. The molecule has 1 heterocycles. The summed E-state index contributed by atoms with van der Waals surface area (Å²) in [7, 11) is 1.62. The van der Waals surface area contributed by atoms with E-state index in [0.29, 0.717) is 15.9 Å². The molecule has 2 aromatic rings. The molecule has 1 saturated heterocycles. The van der Waals surface area contributed by atoms with Crippen LogP contribution in [-0.4, -0.2) is 28.9 Å². The third-order valence-electron chi connectivity index (χ3n) is 3.50. The van der Waals surface area contributed by atoms with E-state index in [2.05, 4.69) is 5.32 Å². The van der Waals surface area contributed by atoms with E-state index < -0.39 is 0 Å². The Morgan fingerprint density at radius 1 is 1.17 bits per heavy atom. The lowest BCUT2D eigenvalue weighted by Gasteiger charge is -2.16. The Labute approximate surface area is 150 Å². The number of methoxy groups -OCH3 is 1. The Bertz CT molecular complexity index is 773. The maximum atomic E-state index is 12.5. The summed E-state index contributed by atoms with van der Waals surface area (Å²) < 4.78 is 5.70. The van der Waals surface area contributed by atoms with Crippen molar-refractivity contribution in [1.82, 2.24) is 4.90 Å². The number of thiocarbonyl (C=S) groups is 1. The molecule has 3 rings (SSSR count). The van der Waals surface area contributed by atoms with E-state index in [4.69, 9.17) is 17.0 Å². The van der Waals surface area contributed by atoms with Crippen LogP contribution >= 0.6 is 24.0 Å². The van der Waals surface area contributed by atoms with Crippen LogP contribution in [0.15, 0.2) is 59.5 Å². The summed E-state index contributed by atoms with van der Waals surface area (Å²) in [4.78, 5) is 14.7. The zero-order valence-corrected chi connectivity index (χ0v) is 14.7. The second kappa shape index (κ2) is 7.51. The zero-order valence-electron chi connectivity index (χ0n) is 13.1. The fraction of sp³-hybridized carbons (Fsp3) is 0.111. The number of carbonyl (C=O) groups excluding carboxylic acids is 1. The van der Waals surface area contributed by atoms with Gasteiger partial charge in [0, 0.05) is 5.69 Å². The number of rotatable bonds is 5. The van der Waals surface area contributed by atoms with Gasteiger partial charge in [-0.2, -0.15) is 0 Å². The predicted octanol–water partition coefficient (Wildman–Crippen LogP) is 3.97. The molecule has 0 aliphatic carbocycles. The monoisotopic (exact) mass is 356 g/mol. The number of para-hydroxylation sites is 1. The molecule has 122 valence electrons. The Balaban J connectivity index is 1.69. The maximum absolute atomic E-state index is 12.5. The van der Waals surface area contributed by atoms with Crippen molar-refractivity contribution in [3.63, 3.8) is 0 Å². The maximum Gasteiger partial charge on any atom is 0.267 e. The highest BCUT2D eigenvalue weighted by molar-refractivity contribution is 8.26. The zero-order chi connectivity index (χ0) is 16.9. The van der Waals surface area contributed by atoms with E-state index in [1.165, 1.54) is 11.8 Å². The van der Waals surface area contributed by atoms with Gasteiger partial charge < -0.3 is 10.1 Å². The molecule has 6 heteroatoms. The predicted molar refractivity (Wildman–Crippen MR) is 103 cm³/mol. The van der Waals surface area contributed by atoms with Crippen molar-refractivity contribution in [3.8, 4) is 5.75 Å². The highest BCUT2D eigenvalue weighted by Crippen LogP contribution is 2.32. The van der Waals surface area contributed by atoms with Gasteiger partial charge >= 0.3 is 0 Å². The smallest absolute Gasteiger partial charge is 0.267 e. The van der Waals surface area contributed by atoms with Crippen molar-refractivity contribution < 1.29 is 9.53 Å². The summed E-state index contributed by atoms with van der Waals surface area (Å²) >= 11 is 6.65. The summed E-state index contributed by atoms with van der Waals surface area (Å²) in [6, 6.07) is 17.3. The molecule has 2 aromatic carbocycles. The molecular formula is C18H16N2O2S2. The van der Waals surface area contributed by atoms with Crippen molar-refractivity contribution in [3.05, 3.63) is 65.1 Å². The van der Waals surface area contributed by atoms with E-state index in [-0.39, 0.29) is 5.91 Å². The summed E-state index contributed by atoms with van der Waals surface area (Å²) in [5, 5.41) is 3.21. The fourth-order valence-electron chi connectivity index (χ4n) is 2.21. The second-order valence-electron chi connectivity index (χ2n) is 5.08. The van der Waals surface area contributed by atoms with Gasteiger partial charge in [-0.3, -0.25) is 9.69 Å². The number of nitrogens with one attached hydrogen (secondary N) is 1. The number of amides is 1. The van der Waals surface area contributed by atoms with Crippen molar-refractivity contribution >= 4 is 46.0 Å². The Morgan fingerprint density at radius 3 is 2.54 bits per heavy atom. The first-order chi connectivity index (χ1) is 11.7. The molecule has 0 bridgehead atoms. The normalized spacial score (nSPS) is 15.9. The van der Waals surface area contributed by atoms with Crippen LogP contribution in [-0.2, 0) is 4.79 Å². The van der Waals surface area contributed by atoms with Gasteiger partial charge in [0.25, 0.3) is 5.91 Å². The van der Waals surface area contributed by atoms with Gasteiger partial charge in [0.1, 0.15) is 10.1 Å². The van der Waals surface area contributed by atoms with E-state index in [9.17, 15) is 4.79 Å². The molecular weight excluding hydrogens is 340 g/mol. The Kier molecular flexibility index (Phi) is 5.17. The first-order valence-electron chi connectivity index (χ1n) is 7.36. The Hall–Kier alpha value is -2.31. The van der Waals surface area contributed by atoms with Crippen LogP contribution in [0.25, 0.3) is 6.08 Å². The second-order valence-corrected chi connectivity index (χ2v) is 6.76. The van der Waals surface area contributed by atoms with E-state index in [1.807, 2.05) is 60.7 Å². The molecule has 1 aliphatic rings. The number of thioether (sulfide) groups is 1. The minimum absolute atomic E-state index is 0.0794. The summed E-state index contributed by atoms with van der Waals surface area (Å²) in [6.45, 7) is 0.356. The number of nitrogens with zero attached hydrogens (tertiary/aromatic N) is 1. The molecule has 4 nitrogen and oxygen atoms in total. The largest absolute Gasteiger partial charge is 0.497 e. The van der Waals surface area contributed by atoms with Gasteiger partial charge in [-0.05, 0) is 35.9 Å². The van der Waals surface area contributed by atoms with Crippen LogP contribution in [0.5, 0.6) is 5.75 Å². The first kappa shape index (κ1) is 16.5. The SMILES string of the molecule is COc1ccc(/C=C2/SC(=S)N(CNc3ccccc3)C2=O)cc1. The van der Waals surface area contributed by atoms with Gasteiger partial charge in [-0.25, -0.2) is 0 Å². The molecule has 24 heavy (non-hydrogen) atoms. The molecule has 0 saturated carbocycles. The number of carbonyl (C=O) groups is 1. The highest BCUT2D eigenvalue weighted by atomic mass is 32.2. The molecule has 1 N–H and O–H groups in total. The number of anilines is 1. The minimum atomic E-state index is -0.0794. The fourth-order valence-corrected chi connectivity index (χ4v) is 3.47. The molecule has 1 amide bonds. The Morgan fingerprint density at radius 2 is 1.88 bits per heavy atom. The van der Waals surface area contributed by atoms with Crippen molar-refractivity contribution in [2.24, 2.45) is 0 Å². The summed E-state index contributed by atoms with van der Waals surface area (Å²) in [5.74, 6) is 0.705. The molecule has 0 spiro atoms. The van der Waals surface area contributed by atoms with Crippen LogP contribution in [0.1, 0.15) is 5.56 Å². The first-order valence-corrected chi connectivity index (χ1v) is 8.58. The third-order valence-corrected chi connectivity index (χ3v) is 4.88. The molecule has 0 aromatic heterocycles. The van der Waals surface area contributed by atoms with E-state index >= 15 is 0 Å². The van der Waals surface area contributed by atoms with Crippen LogP contribution in [0, 0.1) is 0 Å². The summed E-state index contributed by atoms with van der Waals surface area (Å²) in [6.07, 6.45) is 1.85. The van der Waals surface area contributed by atoms with Gasteiger partial charge in [0.2, 0.25) is 0 Å². The van der Waals surface area contributed by atoms with E-state index in [0.717, 1.165) is 17.0 Å². The molecule has 1 fully saturated rings. The number of hydrogen-bond donors (Lipinski definition) is 1. The van der Waals surface area contributed by atoms with Gasteiger partial charge in [-0.15, -0.1) is 0 Å². The van der Waals surface area contributed by atoms with Crippen LogP contribution in [0.3, 0.4) is 0 Å². The molecule has 1 aliphatic heterocycles. The minimum Gasteiger partial charge on any atom is -0.497 e. The summed E-state index contributed by atoms with van der Waals surface area (Å²) in [5.41, 5.74) is 1.89. The standard InChI is InChI=1S/C18H16N2O2S2/c1-22-15-9-7-13(8-10-15)11-16-17(21)20(18(23)24-16)12-19-14-5-3-2-4-6-14/h2-11,19H,12H2,1H3/b16-11+. The lowest BCUT2D eigenvalue weighted by Crippen LogP contribution is -2.33. The highest BCUT2D eigenvalue weighted by Gasteiger charge is 2.31.